The first-order valence-electron chi connectivity index (χ1n) is 8.25. The van der Waals surface area contributed by atoms with Gasteiger partial charge in [0.2, 0.25) is 11.0 Å². The minimum Gasteiger partial charge on any atom is -0.300 e. The Balaban J connectivity index is 1.84. The van der Waals surface area contributed by atoms with E-state index < -0.39 is 12.7 Å². The van der Waals surface area contributed by atoms with Crippen LogP contribution in [0.5, 0.6) is 0 Å². The van der Waals surface area contributed by atoms with Crippen LogP contribution in [0.25, 0.3) is 0 Å². The van der Waals surface area contributed by atoms with E-state index in [0.717, 1.165) is 17.8 Å². The van der Waals surface area contributed by atoms with E-state index >= 15 is 0 Å². The highest BCUT2D eigenvalue weighted by Gasteiger charge is 2.34. The lowest BCUT2D eigenvalue weighted by Gasteiger charge is -2.31. The van der Waals surface area contributed by atoms with Crippen LogP contribution >= 0.6 is 11.3 Å². The van der Waals surface area contributed by atoms with Crippen LogP contribution in [-0.4, -0.2) is 46.8 Å². The van der Waals surface area contributed by atoms with Gasteiger partial charge >= 0.3 is 6.18 Å². The number of halogens is 3. The molecule has 2 heterocycles. The molecule has 0 bridgehead atoms. The molecule has 0 aromatic carbocycles. The summed E-state index contributed by atoms with van der Waals surface area (Å²) in [6.07, 6.45) is -1.39. The second-order valence-electron chi connectivity index (χ2n) is 6.11. The molecule has 1 fully saturated rings. The van der Waals surface area contributed by atoms with E-state index in [1.54, 1.807) is 0 Å². The van der Waals surface area contributed by atoms with Crippen LogP contribution < -0.4 is 5.32 Å². The average molecular weight is 364 g/mol. The molecule has 9 heteroatoms. The van der Waals surface area contributed by atoms with Crippen LogP contribution in [0, 0.1) is 5.92 Å². The SMILES string of the molecule is CCC(CC)c1nnc(NC(=O)C2CCN(CC(F)(F)F)CC2)s1. The number of likely N-dealkylation sites (tertiary alicyclic amines) is 1. The Morgan fingerprint density at radius 2 is 1.92 bits per heavy atom. The van der Waals surface area contributed by atoms with Crippen molar-refractivity contribution < 1.29 is 18.0 Å². The molecular weight excluding hydrogens is 341 g/mol. The smallest absolute Gasteiger partial charge is 0.300 e. The van der Waals surface area contributed by atoms with Crippen molar-refractivity contribution in [1.29, 1.82) is 0 Å². The molecule has 0 aliphatic carbocycles. The molecule has 5 nitrogen and oxygen atoms in total. The lowest BCUT2D eigenvalue weighted by atomic mass is 9.96. The third-order valence-corrected chi connectivity index (χ3v) is 5.37. The molecule has 1 saturated heterocycles. The number of anilines is 1. The highest BCUT2D eigenvalue weighted by atomic mass is 32.1. The topological polar surface area (TPSA) is 58.1 Å². The van der Waals surface area contributed by atoms with E-state index in [0.29, 0.717) is 23.9 Å². The highest BCUT2D eigenvalue weighted by molar-refractivity contribution is 7.15. The minimum absolute atomic E-state index is 0.172. The lowest BCUT2D eigenvalue weighted by Crippen LogP contribution is -2.42. The molecule has 1 aromatic heterocycles. The zero-order valence-corrected chi connectivity index (χ0v) is 14.7. The Kier molecular flexibility index (Phi) is 6.56. The first-order chi connectivity index (χ1) is 11.3. The molecular formula is C15H23F3N4OS. The Labute approximate surface area is 143 Å². The summed E-state index contributed by atoms with van der Waals surface area (Å²) in [5.74, 6) is -0.0948. The summed E-state index contributed by atoms with van der Waals surface area (Å²) >= 11 is 1.38. The van der Waals surface area contributed by atoms with Crippen LogP contribution in [0.4, 0.5) is 18.3 Å². The summed E-state index contributed by atoms with van der Waals surface area (Å²) in [6.45, 7) is 3.83. The third-order valence-electron chi connectivity index (χ3n) is 4.37. The van der Waals surface area contributed by atoms with Crippen LogP contribution in [0.1, 0.15) is 50.5 Å². The van der Waals surface area contributed by atoms with E-state index in [2.05, 4.69) is 29.4 Å². The first-order valence-corrected chi connectivity index (χ1v) is 9.07. The molecule has 2 rings (SSSR count). The molecule has 1 N–H and O–H groups in total. The number of nitrogens with one attached hydrogen (secondary N) is 1. The fourth-order valence-electron chi connectivity index (χ4n) is 2.90. The predicted octanol–water partition coefficient (Wildman–Crippen LogP) is 3.65. The number of amides is 1. The van der Waals surface area contributed by atoms with E-state index in [1.807, 2.05) is 0 Å². The molecule has 0 unspecified atom stereocenters. The molecule has 1 aliphatic heterocycles. The molecule has 1 aromatic rings. The Morgan fingerprint density at radius 3 is 2.46 bits per heavy atom. The number of hydrogen-bond donors (Lipinski definition) is 1. The van der Waals surface area contributed by atoms with Gasteiger partial charge in [0, 0.05) is 11.8 Å². The largest absolute Gasteiger partial charge is 0.401 e. The van der Waals surface area contributed by atoms with Gasteiger partial charge in [0.1, 0.15) is 5.01 Å². The van der Waals surface area contributed by atoms with Crippen molar-refractivity contribution in [3.8, 4) is 0 Å². The van der Waals surface area contributed by atoms with Crippen LogP contribution in [0.15, 0.2) is 0 Å². The zero-order chi connectivity index (χ0) is 17.7. The maximum absolute atomic E-state index is 12.4. The standard InChI is InChI=1S/C15H23F3N4OS/c1-3-10(4-2)13-20-21-14(24-13)19-12(23)11-5-7-22(8-6-11)9-15(16,17)18/h10-11H,3-9H2,1-2H3,(H,19,21,23). The number of piperidine rings is 1. The summed E-state index contributed by atoms with van der Waals surface area (Å²) in [5, 5.41) is 12.3. The Hall–Kier alpha value is -1.22. The fourth-order valence-corrected chi connectivity index (χ4v) is 3.92. The van der Waals surface area contributed by atoms with Gasteiger partial charge in [-0.05, 0) is 38.8 Å². The van der Waals surface area contributed by atoms with E-state index in [4.69, 9.17) is 0 Å². The van der Waals surface area contributed by atoms with Gasteiger partial charge in [-0.15, -0.1) is 10.2 Å². The van der Waals surface area contributed by atoms with E-state index in [9.17, 15) is 18.0 Å². The molecule has 0 spiro atoms. The van der Waals surface area contributed by atoms with Gasteiger partial charge in [-0.2, -0.15) is 13.2 Å². The summed E-state index contributed by atoms with van der Waals surface area (Å²) < 4.78 is 37.1. The average Bonchev–Trinajstić information content (AvgIpc) is 2.96. The minimum atomic E-state index is -4.19. The highest BCUT2D eigenvalue weighted by Crippen LogP contribution is 2.29. The maximum Gasteiger partial charge on any atom is 0.401 e. The normalized spacial score (nSPS) is 17.4. The Morgan fingerprint density at radius 1 is 1.29 bits per heavy atom. The van der Waals surface area contributed by atoms with E-state index in [1.165, 1.54) is 16.2 Å². The third kappa shape index (κ3) is 5.41. The maximum atomic E-state index is 12.4. The molecule has 1 amide bonds. The number of carbonyl (C=O) groups is 1. The van der Waals surface area contributed by atoms with Crippen molar-refractivity contribution in [2.45, 2.75) is 51.6 Å². The number of carbonyl (C=O) groups excluding carboxylic acids is 1. The number of rotatable bonds is 6. The Bertz CT molecular complexity index is 537. The molecule has 24 heavy (non-hydrogen) atoms. The van der Waals surface area contributed by atoms with Gasteiger partial charge in [-0.25, -0.2) is 0 Å². The van der Waals surface area contributed by atoms with Gasteiger partial charge < -0.3 is 5.32 Å². The van der Waals surface area contributed by atoms with Crippen LogP contribution in [-0.2, 0) is 4.79 Å². The summed E-state index contributed by atoms with van der Waals surface area (Å²) in [6, 6.07) is 0. The number of aromatic nitrogens is 2. The number of alkyl halides is 3. The molecule has 1 aliphatic rings. The van der Waals surface area contributed by atoms with Gasteiger partial charge in [0.05, 0.1) is 6.54 Å². The van der Waals surface area contributed by atoms with Crippen molar-refractivity contribution >= 4 is 22.4 Å². The summed E-state index contributed by atoms with van der Waals surface area (Å²) in [5.41, 5.74) is 0. The summed E-state index contributed by atoms with van der Waals surface area (Å²) in [4.78, 5) is 13.6. The molecule has 136 valence electrons. The van der Waals surface area contributed by atoms with Crippen molar-refractivity contribution in [3.05, 3.63) is 5.01 Å². The van der Waals surface area contributed by atoms with Gasteiger partial charge in [-0.3, -0.25) is 9.69 Å². The predicted molar refractivity (Wildman–Crippen MR) is 87.1 cm³/mol. The van der Waals surface area contributed by atoms with Gasteiger partial charge in [-0.1, -0.05) is 25.2 Å². The van der Waals surface area contributed by atoms with Crippen LogP contribution in [0.3, 0.4) is 0 Å². The number of hydrogen-bond acceptors (Lipinski definition) is 5. The molecule has 0 saturated carbocycles. The summed E-state index contributed by atoms with van der Waals surface area (Å²) in [7, 11) is 0. The quantitative estimate of drug-likeness (QED) is 0.837. The van der Waals surface area contributed by atoms with Crippen molar-refractivity contribution in [1.82, 2.24) is 15.1 Å². The lowest BCUT2D eigenvalue weighted by molar-refractivity contribution is -0.149. The monoisotopic (exact) mass is 364 g/mol. The van der Waals surface area contributed by atoms with Crippen LogP contribution in [0.2, 0.25) is 0 Å². The van der Waals surface area contributed by atoms with E-state index in [-0.39, 0.29) is 24.9 Å². The van der Waals surface area contributed by atoms with Crippen molar-refractivity contribution in [2.75, 3.05) is 25.0 Å². The second-order valence-corrected chi connectivity index (χ2v) is 7.12. The number of nitrogens with zero attached hydrogens (tertiary/aromatic N) is 3. The van der Waals surface area contributed by atoms with Crippen molar-refractivity contribution in [3.63, 3.8) is 0 Å². The molecule has 0 atom stereocenters. The molecule has 0 radical (unpaired) electrons. The second kappa shape index (κ2) is 8.24. The zero-order valence-electron chi connectivity index (χ0n) is 13.9. The first kappa shape index (κ1) is 19.1. The van der Waals surface area contributed by atoms with Gasteiger partial charge in [0.25, 0.3) is 0 Å². The van der Waals surface area contributed by atoms with Gasteiger partial charge in [0.15, 0.2) is 0 Å². The van der Waals surface area contributed by atoms with Crippen molar-refractivity contribution in [2.24, 2.45) is 5.92 Å². The fraction of sp³-hybridized carbons (Fsp3) is 0.800.